The zero-order valence-electron chi connectivity index (χ0n) is 13.3. The number of anilines is 1. The highest BCUT2D eigenvalue weighted by Gasteiger charge is 2.52. The number of rotatable bonds is 3. The summed E-state index contributed by atoms with van der Waals surface area (Å²) in [5, 5.41) is 0.816. The van der Waals surface area contributed by atoms with E-state index in [0.717, 1.165) is 36.9 Å². The highest BCUT2D eigenvalue weighted by atomic mass is 31.2. The normalized spacial score (nSPS) is 27.2. The van der Waals surface area contributed by atoms with Gasteiger partial charge in [0, 0.05) is 24.8 Å². The maximum Gasteiger partial charge on any atom is 0.273 e. The maximum atomic E-state index is 14.3. The number of methoxy groups -OCH3 is 1. The zero-order valence-corrected chi connectivity index (χ0v) is 14.2. The van der Waals surface area contributed by atoms with Crippen molar-refractivity contribution in [3.8, 4) is 5.75 Å². The van der Waals surface area contributed by atoms with Gasteiger partial charge in [-0.1, -0.05) is 30.3 Å². The molecule has 2 heterocycles. The summed E-state index contributed by atoms with van der Waals surface area (Å²) >= 11 is 0. The molecular weight excluding hydrogens is 307 g/mol. The van der Waals surface area contributed by atoms with Gasteiger partial charge in [0.05, 0.1) is 12.4 Å². The molecule has 2 saturated heterocycles. The zero-order chi connectivity index (χ0) is 15.9. The molecule has 2 fully saturated rings. The van der Waals surface area contributed by atoms with Gasteiger partial charge in [-0.2, -0.15) is 0 Å². The Bertz CT molecular complexity index is 750. The Hall–Kier alpha value is -1.77. The fraction of sp³-hybridized carbons (Fsp3) is 0.333. The first-order valence-electron chi connectivity index (χ1n) is 8.09. The van der Waals surface area contributed by atoms with E-state index in [4.69, 9.17) is 4.74 Å². The van der Waals surface area contributed by atoms with Gasteiger partial charge >= 0.3 is 0 Å². The van der Waals surface area contributed by atoms with Crippen molar-refractivity contribution in [2.45, 2.75) is 18.9 Å². The first-order chi connectivity index (χ1) is 11.2. The minimum Gasteiger partial charge on any atom is -0.496 e. The predicted octanol–water partition coefficient (Wildman–Crippen LogP) is 3.50. The van der Waals surface area contributed by atoms with Gasteiger partial charge < -0.3 is 9.41 Å². The lowest BCUT2D eigenvalue weighted by molar-refractivity contribution is 0.413. The van der Waals surface area contributed by atoms with Crippen molar-refractivity contribution >= 4 is 18.4 Å². The molecular formula is C18H21N2O2P. The summed E-state index contributed by atoms with van der Waals surface area (Å²) in [6.45, 7) is 1.71. The van der Waals surface area contributed by atoms with Crippen molar-refractivity contribution in [3.05, 3.63) is 54.6 Å². The number of nitrogens with zero attached hydrogens (tertiary/aromatic N) is 2. The van der Waals surface area contributed by atoms with Crippen LogP contribution in [0, 0.1) is 0 Å². The largest absolute Gasteiger partial charge is 0.496 e. The fourth-order valence-electron chi connectivity index (χ4n) is 3.81. The molecule has 0 aromatic heterocycles. The summed E-state index contributed by atoms with van der Waals surface area (Å²) in [7, 11) is -1.22. The molecule has 0 saturated carbocycles. The Morgan fingerprint density at radius 3 is 2.61 bits per heavy atom. The van der Waals surface area contributed by atoms with Gasteiger partial charge in [0.1, 0.15) is 5.75 Å². The molecule has 4 rings (SSSR count). The van der Waals surface area contributed by atoms with Gasteiger partial charge in [0.15, 0.2) is 0 Å². The van der Waals surface area contributed by atoms with Crippen molar-refractivity contribution in [1.29, 1.82) is 0 Å². The lowest BCUT2D eigenvalue weighted by Crippen LogP contribution is -2.28. The van der Waals surface area contributed by atoms with E-state index in [0.29, 0.717) is 11.8 Å². The molecule has 2 aromatic carbocycles. The SMILES string of the molecule is COc1ccccc1[P@@]1(=O)N(c2ccccc2)C[C@@H]2CCCN21. The summed E-state index contributed by atoms with van der Waals surface area (Å²) in [6, 6.07) is 18.2. The Balaban J connectivity index is 1.88. The minimum atomic E-state index is -2.87. The smallest absolute Gasteiger partial charge is 0.273 e. The van der Waals surface area contributed by atoms with Gasteiger partial charge in [-0.05, 0) is 37.1 Å². The van der Waals surface area contributed by atoms with Crippen molar-refractivity contribution < 1.29 is 9.30 Å². The van der Waals surface area contributed by atoms with Crippen molar-refractivity contribution in [2.24, 2.45) is 0 Å². The second-order valence-electron chi connectivity index (χ2n) is 6.09. The summed E-state index contributed by atoms with van der Waals surface area (Å²) in [4.78, 5) is 0. The molecule has 5 heteroatoms. The van der Waals surface area contributed by atoms with Gasteiger partial charge in [0.25, 0.3) is 7.44 Å². The van der Waals surface area contributed by atoms with E-state index in [1.807, 2.05) is 54.6 Å². The minimum absolute atomic E-state index is 0.367. The van der Waals surface area contributed by atoms with Crippen LogP contribution >= 0.6 is 7.44 Å². The third-order valence-corrected chi connectivity index (χ3v) is 8.13. The highest BCUT2D eigenvalue weighted by Crippen LogP contribution is 2.62. The number of benzene rings is 2. The average molecular weight is 328 g/mol. The van der Waals surface area contributed by atoms with E-state index >= 15 is 0 Å². The lowest BCUT2D eigenvalue weighted by atomic mass is 10.2. The van der Waals surface area contributed by atoms with Crippen LogP contribution in [0.2, 0.25) is 0 Å². The van der Waals surface area contributed by atoms with Crippen LogP contribution in [0.5, 0.6) is 5.75 Å². The van der Waals surface area contributed by atoms with Crippen LogP contribution < -0.4 is 14.7 Å². The van der Waals surface area contributed by atoms with Crippen LogP contribution in [0.1, 0.15) is 12.8 Å². The van der Waals surface area contributed by atoms with E-state index < -0.39 is 7.44 Å². The fourth-order valence-corrected chi connectivity index (χ4v) is 7.26. The molecule has 23 heavy (non-hydrogen) atoms. The van der Waals surface area contributed by atoms with Crippen LogP contribution in [-0.2, 0) is 4.57 Å². The number of hydrogen-bond donors (Lipinski definition) is 0. The molecule has 2 aromatic rings. The number of fused-ring (bicyclic) bond motifs is 1. The van der Waals surface area contributed by atoms with Gasteiger partial charge in [-0.25, -0.2) is 4.67 Å². The third kappa shape index (κ3) is 2.20. The molecule has 0 aliphatic carbocycles. The van der Waals surface area contributed by atoms with Gasteiger partial charge in [-0.15, -0.1) is 0 Å². The molecule has 120 valence electrons. The first-order valence-corrected chi connectivity index (χ1v) is 9.70. The first kappa shape index (κ1) is 14.8. The molecule has 2 atom stereocenters. The van der Waals surface area contributed by atoms with E-state index in [-0.39, 0.29) is 0 Å². The van der Waals surface area contributed by atoms with Crippen LogP contribution in [-0.4, -0.2) is 30.9 Å². The Labute approximate surface area is 137 Å². The quantitative estimate of drug-likeness (QED) is 0.808. The number of ether oxygens (including phenoxy) is 1. The Morgan fingerprint density at radius 1 is 1.09 bits per heavy atom. The predicted molar refractivity (Wildman–Crippen MR) is 93.8 cm³/mol. The maximum absolute atomic E-state index is 14.3. The van der Waals surface area contributed by atoms with Gasteiger partial charge in [-0.3, -0.25) is 4.57 Å². The Kier molecular flexibility index (Phi) is 3.67. The standard InChI is InChI=1S/C18H21N2O2P/c1-22-17-11-5-6-12-18(17)23(21)19-13-7-10-16(19)14-20(23)15-8-3-2-4-9-15/h2-6,8-9,11-12,16H,7,10,13-14H2,1H3/t16-,23-/m0/s1. The molecule has 0 N–H and O–H groups in total. The van der Waals surface area contributed by atoms with Crippen molar-refractivity contribution in [3.63, 3.8) is 0 Å². The van der Waals surface area contributed by atoms with Crippen LogP contribution in [0.25, 0.3) is 0 Å². The van der Waals surface area contributed by atoms with Crippen LogP contribution in [0.4, 0.5) is 5.69 Å². The highest BCUT2D eigenvalue weighted by molar-refractivity contribution is 7.71. The second kappa shape index (κ2) is 5.70. The topological polar surface area (TPSA) is 32.8 Å². The summed E-state index contributed by atoms with van der Waals surface area (Å²) in [5.41, 5.74) is 1.02. The summed E-state index contributed by atoms with van der Waals surface area (Å²) in [5.74, 6) is 0.712. The lowest BCUT2D eigenvalue weighted by Gasteiger charge is -2.32. The van der Waals surface area contributed by atoms with E-state index in [1.54, 1.807) is 7.11 Å². The molecule has 2 aliphatic rings. The van der Waals surface area contributed by atoms with Crippen molar-refractivity contribution in [2.75, 3.05) is 24.9 Å². The van der Waals surface area contributed by atoms with Crippen LogP contribution in [0.15, 0.2) is 54.6 Å². The number of para-hydroxylation sites is 2. The van der Waals surface area contributed by atoms with Gasteiger partial charge in [0.2, 0.25) is 0 Å². The van der Waals surface area contributed by atoms with E-state index in [2.05, 4.69) is 9.34 Å². The molecule has 0 radical (unpaired) electrons. The van der Waals surface area contributed by atoms with Crippen LogP contribution in [0.3, 0.4) is 0 Å². The monoisotopic (exact) mass is 328 g/mol. The van der Waals surface area contributed by atoms with E-state index in [9.17, 15) is 4.57 Å². The molecule has 0 unspecified atom stereocenters. The molecule has 0 amide bonds. The van der Waals surface area contributed by atoms with Crippen molar-refractivity contribution in [1.82, 2.24) is 4.67 Å². The Morgan fingerprint density at radius 2 is 1.83 bits per heavy atom. The second-order valence-corrected chi connectivity index (χ2v) is 8.66. The number of hydrogen-bond acceptors (Lipinski definition) is 2. The van der Waals surface area contributed by atoms with E-state index in [1.165, 1.54) is 0 Å². The summed E-state index contributed by atoms with van der Waals surface area (Å²) in [6.07, 6.45) is 2.23. The molecule has 2 aliphatic heterocycles. The summed E-state index contributed by atoms with van der Waals surface area (Å²) < 4.78 is 24.2. The molecule has 0 spiro atoms. The molecule has 4 nitrogen and oxygen atoms in total. The molecule has 0 bridgehead atoms. The third-order valence-electron chi connectivity index (χ3n) is 4.86. The average Bonchev–Trinajstić information content (AvgIpc) is 3.18.